The predicted octanol–water partition coefficient (Wildman–Crippen LogP) is 1.74. The van der Waals surface area contributed by atoms with Gasteiger partial charge in [-0.05, 0) is 26.1 Å². The second-order valence-electron chi connectivity index (χ2n) is 4.55. The van der Waals surface area contributed by atoms with E-state index >= 15 is 0 Å². The van der Waals surface area contributed by atoms with Crippen molar-refractivity contribution in [3.63, 3.8) is 0 Å². The molecule has 1 heterocycles. The van der Waals surface area contributed by atoms with Gasteiger partial charge in [0.15, 0.2) is 0 Å². The number of hydrogen-bond acceptors (Lipinski definition) is 4. The Labute approximate surface area is 101 Å². The van der Waals surface area contributed by atoms with Gasteiger partial charge in [-0.2, -0.15) is 0 Å². The number of nitro benzene ring substituents is 1. The highest BCUT2D eigenvalue weighted by atomic mass is 16.6. The predicted molar refractivity (Wildman–Crippen MR) is 67.4 cm³/mol. The van der Waals surface area contributed by atoms with Crippen molar-refractivity contribution in [2.45, 2.75) is 13.0 Å². The molecule has 92 valence electrons. The number of rotatable bonds is 2. The lowest BCUT2D eigenvalue weighted by molar-refractivity contribution is -0.384. The van der Waals surface area contributed by atoms with Gasteiger partial charge in [0.1, 0.15) is 0 Å². The number of non-ortho nitro benzene ring substituents is 1. The molecule has 0 N–H and O–H groups in total. The Balaban J connectivity index is 2.10. The van der Waals surface area contributed by atoms with Crippen LogP contribution >= 0.6 is 0 Å². The van der Waals surface area contributed by atoms with E-state index in [-0.39, 0.29) is 10.6 Å². The van der Waals surface area contributed by atoms with Crippen LogP contribution in [0.2, 0.25) is 0 Å². The second-order valence-corrected chi connectivity index (χ2v) is 4.55. The van der Waals surface area contributed by atoms with Crippen molar-refractivity contribution in [2.24, 2.45) is 0 Å². The maximum Gasteiger partial charge on any atom is 0.269 e. The largest absolute Gasteiger partial charge is 0.369 e. The normalized spacial score (nSPS) is 21.5. The average Bonchev–Trinajstić information content (AvgIpc) is 2.33. The number of nitro groups is 1. The fraction of sp³-hybridized carbons (Fsp3) is 0.500. The summed E-state index contributed by atoms with van der Waals surface area (Å²) in [5.74, 6) is 0. The molecule has 0 radical (unpaired) electrons. The van der Waals surface area contributed by atoms with Crippen LogP contribution in [0.4, 0.5) is 11.4 Å². The fourth-order valence-corrected chi connectivity index (χ4v) is 2.07. The molecule has 1 saturated heterocycles. The van der Waals surface area contributed by atoms with E-state index in [9.17, 15) is 10.1 Å². The van der Waals surface area contributed by atoms with E-state index in [4.69, 9.17) is 0 Å². The molecule has 1 aliphatic rings. The Bertz CT molecular complexity index is 405. The molecule has 1 aromatic carbocycles. The molecule has 1 atom stereocenters. The van der Waals surface area contributed by atoms with E-state index in [0.717, 1.165) is 25.3 Å². The van der Waals surface area contributed by atoms with Gasteiger partial charge in [0, 0.05) is 43.5 Å². The third-order valence-corrected chi connectivity index (χ3v) is 3.39. The summed E-state index contributed by atoms with van der Waals surface area (Å²) in [5, 5.41) is 10.6. The van der Waals surface area contributed by atoms with Crippen LogP contribution in [0.1, 0.15) is 6.92 Å². The number of hydrogen-bond donors (Lipinski definition) is 0. The summed E-state index contributed by atoms with van der Waals surface area (Å²) in [6.45, 7) is 5.16. The number of piperazine rings is 1. The van der Waals surface area contributed by atoms with Crippen molar-refractivity contribution >= 4 is 11.4 Å². The number of benzene rings is 1. The van der Waals surface area contributed by atoms with Crippen LogP contribution in [-0.4, -0.2) is 42.5 Å². The molecule has 1 fully saturated rings. The lowest BCUT2D eigenvalue weighted by Gasteiger charge is -2.38. The van der Waals surface area contributed by atoms with Crippen molar-refractivity contribution in [3.05, 3.63) is 34.4 Å². The summed E-state index contributed by atoms with van der Waals surface area (Å²) in [6.07, 6.45) is 0. The highest BCUT2D eigenvalue weighted by Gasteiger charge is 2.20. The molecule has 0 spiro atoms. The molecule has 5 heteroatoms. The van der Waals surface area contributed by atoms with Gasteiger partial charge in [-0.3, -0.25) is 10.1 Å². The van der Waals surface area contributed by atoms with Crippen molar-refractivity contribution < 1.29 is 4.92 Å². The second kappa shape index (κ2) is 4.71. The summed E-state index contributed by atoms with van der Waals surface area (Å²) in [5.41, 5.74) is 1.21. The Morgan fingerprint density at radius 3 is 2.47 bits per heavy atom. The van der Waals surface area contributed by atoms with Crippen molar-refractivity contribution in [1.82, 2.24) is 4.90 Å². The van der Waals surface area contributed by atoms with Crippen LogP contribution in [-0.2, 0) is 0 Å². The maximum atomic E-state index is 10.6. The van der Waals surface area contributed by atoms with E-state index in [1.165, 1.54) is 0 Å². The molecular weight excluding hydrogens is 218 g/mol. The minimum Gasteiger partial charge on any atom is -0.369 e. The molecule has 1 aromatic rings. The molecule has 0 aromatic heterocycles. The Morgan fingerprint density at radius 1 is 1.29 bits per heavy atom. The Kier molecular flexibility index (Phi) is 3.28. The number of anilines is 1. The Hall–Kier alpha value is -1.62. The summed E-state index contributed by atoms with van der Waals surface area (Å²) < 4.78 is 0. The molecule has 5 nitrogen and oxygen atoms in total. The summed E-state index contributed by atoms with van der Waals surface area (Å²) >= 11 is 0. The third-order valence-electron chi connectivity index (χ3n) is 3.39. The fourth-order valence-electron chi connectivity index (χ4n) is 2.07. The Morgan fingerprint density at radius 2 is 1.94 bits per heavy atom. The topological polar surface area (TPSA) is 49.6 Å². The molecule has 0 aliphatic carbocycles. The number of nitrogens with zero attached hydrogens (tertiary/aromatic N) is 3. The highest BCUT2D eigenvalue weighted by Crippen LogP contribution is 2.21. The zero-order chi connectivity index (χ0) is 12.4. The van der Waals surface area contributed by atoms with Crippen LogP contribution in [0.3, 0.4) is 0 Å². The van der Waals surface area contributed by atoms with Crippen molar-refractivity contribution in [3.8, 4) is 0 Å². The zero-order valence-corrected chi connectivity index (χ0v) is 10.2. The highest BCUT2D eigenvalue weighted by molar-refractivity contribution is 5.51. The quantitative estimate of drug-likeness (QED) is 0.578. The van der Waals surface area contributed by atoms with Gasteiger partial charge in [0.25, 0.3) is 5.69 Å². The van der Waals surface area contributed by atoms with E-state index < -0.39 is 0 Å². The standard InChI is InChI=1S/C12H17N3O2/c1-10-9-14(8-7-13(10)2)11-3-5-12(6-4-11)15(16)17/h3-6,10H,7-9H2,1-2H3. The summed E-state index contributed by atoms with van der Waals surface area (Å²) in [6, 6.07) is 7.31. The first-order valence-electron chi connectivity index (χ1n) is 5.77. The third kappa shape index (κ3) is 2.55. The summed E-state index contributed by atoms with van der Waals surface area (Å²) in [7, 11) is 2.12. The van der Waals surface area contributed by atoms with Crippen molar-refractivity contribution in [2.75, 3.05) is 31.6 Å². The van der Waals surface area contributed by atoms with Gasteiger partial charge in [0.2, 0.25) is 0 Å². The van der Waals surface area contributed by atoms with Gasteiger partial charge in [-0.15, -0.1) is 0 Å². The van der Waals surface area contributed by atoms with Gasteiger partial charge in [0.05, 0.1) is 4.92 Å². The van der Waals surface area contributed by atoms with Crippen LogP contribution in [0, 0.1) is 10.1 Å². The van der Waals surface area contributed by atoms with Gasteiger partial charge in [-0.25, -0.2) is 0 Å². The van der Waals surface area contributed by atoms with Crippen LogP contribution < -0.4 is 4.90 Å². The smallest absolute Gasteiger partial charge is 0.269 e. The molecule has 0 amide bonds. The molecular formula is C12H17N3O2. The molecule has 1 unspecified atom stereocenters. The van der Waals surface area contributed by atoms with Gasteiger partial charge < -0.3 is 9.80 Å². The first-order chi connectivity index (χ1) is 8.08. The SMILES string of the molecule is CC1CN(c2ccc([N+](=O)[O-])cc2)CCN1C. The lowest BCUT2D eigenvalue weighted by Crippen LogP contribution is -2.50. The first kappa shape index (κ1) is 11.9. The molecule has 1 aliphatic heterocycles. The minimum atomic E-state index is -0.365. The van der Waals surface area contributed by atoms with Crippen LogP contribution in [0.25, 0.3) is 0 Å². The molecule has 0 saturated carbocycles. The van der Waals surface area contributed by atoms with Gasteiger partial charge in [-0.1, -0.05) is 0 Å². The zero-order valence-electron chi connectivity index (χ0n) is 10.2. The van der Waals surface area contributed by atoms with E-state index in [2.05, 4.69) is 23.8 Å². The number of likely N-dealkylation sites (N-methyl/N-ethyl adjacent to an activating group) is 1. The van der Waals surface area contributed by atoms with E-state index in [1.807, 2.05) is 12.1 Å². The van der Waals surface area contributed by atoms with Crippen LogP contribution in [0.15, 0.2) is 24.3 Å². The molecule has 2 rings (SSSR count). The van der Waals surface area contributed by atoms with Crippen molar-refractivity contribution in [1.29, 1.82) is 0 Å². The van der Waals surface area contributed by atoms with E-state index in [1.54, 1.807) is 12.1 Å². The monoisotopic (exact) mass is 235 g/mol. The maximum absolute atomic E-state index is 10.6. The summed E-state index contributed by atoms with van der Waals surface area (Å²) in [4.78, 5) is 14.8. The first-order valence-corrected chi connectivity index (χ1v) is 5.77. The molecule has 17 heavy (non-hydrogen) atoms. The van der Waals surface area contributed by atoms with Gasteiger partial charge >= 0.3 is 0 Å². The lowest BCUT2D eigenvalue weighted by atomic mass is 10.1. The molecule has 0 bridgehead atoms. The average molecular weight is 235 g/mol. The van der Waals surface area contributed by atoms with Crippen LogP contribution in [0.5, 0.6) is 0 Å². The minimum absolute atomic E-state index is 0.149. The van der Waals surface area contributed by atoms with E-state index in [0.29, 0.717) is 6.04 Å².